The normalized spacial score (nSPS) is 18.9. The van der Waals surface area contributed by atoms with E-state index in [0.717, 1.165) is 6.42 Å². The second-order valence-electron chi connectivity index (χ2n) is 8.91. The van der Waals surface area contributed by atoms with Crippen LogP contribution in [0.1, 0.15) is 56.3 Å². The lowest BCUT2D eigenvalue weighted by molar-refractivity contribution is -0.139. The lowest BCUT2D eigenvalue weighted by Crippen LogP contribution is -2.55. The molecule has 1 aromatic carbocycles. The number of methoxy groups -OCH3 is 1. The summed E-state index contributed by atoms with van der Waals surface area (Å²) in [6.45, 7) is 5.14. The molecular weight excluding hydrogens is 607 g/mol. The van der Waals surface area contributed by atoms with E-state index in [4.69, 9.17) is 19.3 Å². The zero-order valence-corrected chi connectivity index (χ0v) is 24.4. The molecule has 3 atom stereocenters. The number of aliphatic hydroxyl groups excluding tert-OH is 2. The number of aldehydes is 1. The molecule has 1 aromatic rings. The first-order valence-corrected chi connectivity index (χ1v) is 14.0. The van der Waals surface area contributed by atoms with E-state index in [0.29, 0.717) is 71.5 Å². The smallest absolute Gasteiger partial charge is 0.247 e. The Bertz CT molecular complexity index is 971. The number of halogens is 1. The van der Waals surface area contributed by atoms with Crippen LogP contribution in [0.4, 0.5) is 0 Å². The standard InChI is InChI=1S/C27H39IN2O8/c1-4-6-8-24(33)30(10-7-12-37-5-2)21-15-19(27(35)29-9-11-31)16-22(25(21)34)38-26-20(28)13-18(17-32)14-23(26)36-3/h13-14,16-17,21-22,25,31,34H,4-12,15H2,1-3H3,(H,29,35)/t21-,22+,25+/m1/s1. The third-order valence-electron chi connectivity index (χ3n) is 6.21. The predicted octanol–water partition coefficient (Wildman–Crippen LogP) is 2.47. The van der Waals surface area contributed by atoms with Gasteiger partial charge in [0.2, 0.25) is 11.8 Å². The number of carbonyl (C=O) groups excluding carboxylic acids is 3. The summed E-state index contributed by atoms with van der Waals surface area (Å²) in [6, 6.07) is 2.44. The fourth-order valence-corrected chi connectivity index (χ4v) is 5.02. The number of carbonyl (C=O) groups is 3. The van der Waals surface area contributed by atoms with Gasteiger partial charge in [0.15, 0.2) is 11.5 Å². The Balaban J connectivity index is 2.46. The van der Waals surface area contributed by atoms with E-state index < -0.39 is 24.2 Å². The molecule has 1 aliphatic carbocycles. The summed E-state index contributed by atoms with van der Waals surface area (Å²) < 4.78 is 17.7. The average molecular weight is 647 g/mol. The van der Waals surface area contributed by atoms with Crippen molar-refractivity contribution in [3.05, 3.63) is 32.9 Å². The number of unbranched alkanes of at least 4 members (excludes halogenated alkanes) is 1. The van der Waals surface area contributed by atoms with Gasteiger partial charge in [-0.1, -0.05) is 13.3 Å². The van der Waals surface area contributed by atoms with Gasteiger partial charge in [0.25, 0.3) is 0 Å². The monoisotopic (exact) mass is 646 g/mol. The molecule has 2 rings (SSSR count). The van der Waals surface area contributed by atoms with Crippen LogP contribution in [0.3, 0.4) is 0 Å². The van der Waals surface area contributed by atoms with Gasteiger partial charge in [-0.15, -0.1) is 0 Å². The number of rotatable bonds is 16. The number of hydrogen-bond acceptors (Lipinski definition) is 8. The topological polar surface area (TPSA) is 135 Å². The molecule has 38 heavy (non-hydrogen) atoms. The summed E-state index contributed by atoms with van der Waals surface area (Å²) in [6.07, 6.45) is 2.71. The number of nitrogens with one attached hydrogen (secondary N) is 1. The molecule has 3 N–H and O–H groups in total. The molecule has 0 fully saturated rings. The van der Waals surface area contributed by atoms with Crippen molar-refractivity contribution in [2.75, 3.05) is 40.0 Å². The Morgan fingerprint density at radius 1 is 1.26 bits per heavy atom. The Morgan fingerprint density at radius 3 is 2.66 bits per heavy atom. The van der Waals surface area contributed by atoms with Crippen LogP contribution in [-0.2, 0) is 14.3 Å². The highest BCUT2D eigenvalue weighted by atomic mass is 127. The first kappa shape index (κ1) is 32.0. The average Bonchev–Trinajstić information content (AvgIpc) is 2.92. The summed E-state index contributed by atoms with van der Waals surface area (Å²) >= 11 is 2.02. The van der Waals surface area contributed by atoms with Gasteiger partial charge in [0.1, 0.15) is 18.5 Å². The van der Waals surface area contributed by atoms with E-state index in [9.17, 15) is 19.5 Å². The summed E-state index contributed by atoms with van der Waals surface area (Å²) in [4.78, 5) is 39.2. The van der Waals surface area contributed by atoms with Crippen LogP contribution in [0, 0.1) is 3.57 Å². The van der Waals surface area contributed by atoms with Gasteiger partial charge >= 0.3 is 0 Å². The van der Waals surface area contributed by atoms with Gasteiger partial charge in [-0.05, 0) is 60.6 Å². The van der Waals surface area contributed by atoms with Crippen molar-refractivity contribution in [3.63, 3.8) is 0 Å². The van der Waals surface area contributed by atoms with E-state index in [-0.39, 0.29) is 25.5 Å². The van der Waals surface area contributed by atoms with Crippen molar-refractivity contribution in [3.8, 4) is 11.5 Å². The maximum absolute atomic E-state index is 13.3. The number of benzene rings is 1. The first-order chi connectivity index (χ1) is 18.3. The van der Waals surface area contributed by atoms with E-state index in [1.807, 2.05) is 36.4 Å². The molecule has 0 saturated heterocycles. The lowest BCUT2D eigenvalue weighted by Gasteiger charge is -2.40. The highest BCUT2D eigenvalue weighted by molar-refractivity contribution is 14.1. The molecule has 0 aliphatic heterocycles. The zero-order chi connectivity index (χ0) is 28.1. The van der Waals surface area contributed by atoms with Gasteiger partial charge in [-0.2, -0.15) is 0 Å². The van der Waals surface area contributed by atoms with Crippen molar-refractivity contribution in [2.45, 2.75) is 64.2 Å². The Morgan fingerprint density at radius 2 is 2.03 bits per heavy atom. The molecule has 11 heteroatoms. The molecule has 0 saturated carbocycles. The fourth-order valence-electron chi connectivity index (χ4n) is 4.27. The van der Waals surface area contributed by atoms with Crippen molar-refractivity contribution >= 4 is 40.7 Å². The molecule has 0 unspecified atom stereocenters. The summed E-state index contributed by atoms with van der Waals surface area (Å²) in [5, 5.41) is 23.3. The Kier molecular flexibility index (Phi) is 14.0. The van der Waals surface area contributed by atoms with Crippen LogP contribution >= 0.6 is 22.6 Å². The zero-order valence-electron chi connectivity index (χ0n) is 22.3. The minimum absolute atomic E-state index is 0.0707. The molecule has 0 heterocycles. The van der Waals surface area contributed by atoms with Crippen molar-refractivity contribution in [1.29, 1.82) is 0 Å². The molecule has 1 aliphatic rings. The summed E-state index contributed by atoms with van der Waals surface area (Å²) in [7, 11) is 1.45. The summed E-state index contributed by atoms with van der Waals surface area (Å²) in [5.41, 5.74) is 0.748. The molecule has 10 nitrogen and oxygen atoms in total. The van der Waals surface area contributed by atoms with Crippen LogP contribution in [0.5, 0.6) is 11.5 Å². The molecule has 0 bridgehead atoms. The van der Waals surface area contributed by atoms with Crippen LogP contribution < -0.4 is 14.8 Å². The van der Waals surface area contributed by atoms with Gasteiger partial charge < -0.3 is 34.6 Å². The highest BCUT2D eigenvalue weighted by Crippen LogP contribution is 2.37. The fraction of sp³-hybridized carbons (Fsp3) is 0.593. The second-order valence-corrected chi connectivity index (χ2v) is 10.1. The SMILES string of the molecule is CCCCC(=O)N(CCCOCC)[C@@H]1CC(C(=O)NCCO)=C[C@H](Oc2c(I)cc(C=O)cc2OC)[C@H]1O. The number of nitrogens with zero attached hydrogens (tertiary/aromatic N) is 1. The van der Waals surface area contributed by atoms with Gasteiger partial charge in [-0.3, -0.25) is 14.4 Å². The molecule has 212 valence electrons. The van der Waals surface area contributed by atoms with Crippen LogP contribution in [-0.4, -0.2) is 91.5 Å². The summed E-state index contributed by atoms with van der Waals surface area (Å²) in [5.74, 6) is 0.110. The Labute approximate surface area is 237 Å². The van der Waals surface area contributed by atoms with Crippen LogP contribution in [0.2, 0.25) is 0 Å². The number of hydrogen-bond donors (Lipinski definition) is 3. The molecular formula is C27H39IN2O8. The van der Waals surface area contributed by atoms with Crippen molar-refractivity contribution in [2.24, 2.45) is 0 Å². The third-order valence-corrected chi connectivity index (χ3v) is 7.01. The van der Waals surface area contributed by atoms with Gasteiger partial charge in [-0.25, -0.2) is 0 Å². The largest absolute Gasteiger partial charge is 0.493 e. The molecule has 0 spiro atoms. The van der Waals surface area contributed by atoms with Gasteiger partial charge in [0.05, 0.1) is 23.3 Å². The second kappa shape index (κ2) is 16.7. The number of ether oxygens (including phenoxy) is 3. The molecule has 0 aromatic heterocycles. The van der Waals surface area contributed by atoms with Crippen LogP contribution in [0.15, 0.2) is 23.8 Å². The predicted molar refractivity (Wildman–Crippen MR) is 150 cm³/mol. The van der Waals surface area contributed by atoms with Crippen molar-refractivity contribution in [1.82, 2.24) is 10.2 Å². The van der Waals surface area contributed by atoms with E-state index in [1.54, 1.807) is 17.0 Å². The first-order valence-electron chi connectivity index (χ1n) is 13.0. The lowest BCUT2D eigenvalue weighted by atomic mass is 9.87. The van der Waals surface area contributed by atoms with Gasteiger partial charge in [0, 0.05) is 50.3 Å². The van der Waals surface area contributed by atoms with E-state index in [2.05, 4.69) is 5.32 Å². The minimum Gasteiger partial charge on any atom is -0.493 e. The number of amides is 2. The Hall–Kier alpha value is -2.22. The molecule has 0 radical (unpaired) electrons. The quantitative estimate of drug-likeness (QED) is 0.142. The van der Waals surface area contributed by atoms with Crippen LogP contribution in [0.25, 0.3) is 0 Å². The third kappa shape index (κ3) is 8.92. The van der Waals surface area contributed by atoms with E-state index in [1.165, 1.54) is 13.2 Å². The maximum atomic E-state index is 13.3. The minimum atomic E-state index is -1.15. The molecule has 2 amide bonds. The maximum Gasteiger partial charge on any atom is 0.247 e. The number of aliphatic hydroxyl groups is 2. The van der Waals surface area contributed by atoms with Crippen molar-refractivity contribution < 1.29 is 38.8 Å². The van der Waals surface area contributed by atoms with E-state index >= 15 is 0 Å². The highest BCUT2D eigenvalue weighted by Gasteiger charge is 2.40.